The highest BCUT2D eigenvalue weighted by molar-refractivity contribution is 5.91. The van der Waals surface area contributed by atoms with Crippen LogP contribution >= 0.6 is 0 Å². The molecule has 2 rings (SSSR count). The Morgan fingerprint density at radius 2 is 2.22 bits per heavy atom. The summed E-state index contributed by atoms with van der Waals surface area (Å²) in [5.41, 5.74) is 7.77. The Morgan fingerprint density at radius 3 is 2.89 bits per heavy atom. The van der Waals surface area contributed by atoms with Gasteiger partial charge in [-0.15, -0.1) is 0 Å². The minimum Gasteiger partial charge on any atom is -0.343 e. The highest BCUT2D eigenvalue weighted by atomic mass is 16.2. The molecule has 0 bridgehead atoms. The third kappa shape index (κ3) is 2.23. The number of carbonyl (C=O) groups excluding carboxylic acids is 1. The molecule has 0 saturated carbocycles. The molecule has 0 aromatic carbocycles. The molecule has 0 aliphatic carbocycles. The second-order valence-electron chi connectivity index (χ2n) is 4.05. The maximum Gasteiger partial charge on any atom is 0.273 e. The van der Waals surface area contributed by atoms with Gasteiger partial charge in [0.25, 0.3) is 5.91 Å². The van der Waals surface area contributed by atoms with Crippen molar-refractivity contribution >= 4 is 5.91 Å². The summed E-state index contributed by atoms with van der Waals surface area (Å²) in [7, 11) is 3.38. The van der Waals surface area contributed by atoms with Crippen LogP contribution < -0.4 is 5.73 Å². The van der Waals surface area contributed by atoms with Gasteiger partial charge in [0.05, 0.1) is 11.9 Å². The van der Waals surface area contributed by atoms with Crippen LogP contribution in [0.5, 0.6) is 0 Å². The van der Waals surface area contributed by atoms with E-state index in [9.17, 15) is 4.79 Å². The lowest BCUT2D eigenvalue weighted by atomic mass is 10.2. The fourth-order valence-electron chi connectivity index (χ4n) is 1.60. The Labute approximate surface area is 105 Å². The maximum absolute atomic E-state index is 11.8. The average molecular weight is 245 g/mol. The molecule has 1 amide bonds. The molecule has 94 valence electrons. The highest BCUT2D eigenvalue weighted by Crippen LogP contribution is 2.12. The second kappa shape index (κ2) is 4.97. The van der Waals surface area contributed by atoms with Gasteiger partial charge in [0.2, 0.25) is 0 Å². The molecule has 0 radical (unpaired) electrons. The van der Waals surface area contributed by atoms with Crippen LogP contribution in [-0.4, -0.2) is 39.7 Å². The van der Waals surface area contributed by atoms with Crippen molar-refractivity contribution in [3.8, 4) is 5.69 Å². The molecule has 0 fully saturated rings. The summed E-state index contributed by atoms with van der Waals surface area (Å²) in [6.07, 6.45) is 5.09. The summed E-state index contributed by atoms with van der Waals surface area (Å²) in [5, 5.41) is 4.24. The molecule has 2 N–H and O–H groups in total. The zero-order chi connectivity index (χ0) is 13.1. The molecule has 0 atom stereocenters. The molecular formula is C12H15N5O. The number of aromatic nitrogens is 3. The van der Waals surface area contributed by atoms with E-state index in [1.807, 2.05) is 6.07 Å². The highest BCUT2D eigenvalue weighted by Gasteiger charge is 2.13. The van der Waals surface area contributed by atoms with Crippen molar-refractivity contribution in [2.24, 2.45) is 5.73 Å². The normalized spacial score (nSPS) is 10.4. The van der Waals surface area contributed by atoms with E-state index in [0.717, 1.165) is 11.3 Å². The standard InChI is InChI=1S/C12H15N5O/c1-16(2)12(18)10-4-6-17(15-10)11-8-14-5-3-9(11)7-13/h3-6,8H,7,13H2,1-2H3. The van der Waals surface area contributed by atoms with E-state index >= 15 is 0 Å². The molecule has 0 unspecified atom stereocenters. The van der Waals surface area contributed by atoms with Crippen LogP contribution in [0.2, 0.25) is 0 Å². The zero-order valence-corrected chi connectivity index (χ0v) is 10.4. The van der Waals surface area contributed by atoms with Crippen molar-refractivity contribution in [2.45, 2.75) is 6.54 Å². The van der Waals surface area contributed by atoms with Crippen LogP contribution in [0.15, 0.2) is 30.7 Å². The van der Waals surface area contributed by atoms with Gasteiger partial charge in [-0.1, -0.05) is 0 Å². The van der Waals surface area contributed by atoms with E-state index in [1.54, 1.807) is 43.4 Å². The molecule has 0 aliphatic rings. The molecule has 2 heterocycles. The van der Waals surface area contributed by atoms with E-state index in [4.69, 9.17) is 5.73 Å². The van der Waals surface area contributed by atoms with E-state index in [0.29, 0.717) is 12.2 Å². The van der Waals surface area contributed by atoms with Crippen LogP contribution in [0.3, 0.4) is 0 Å². The number of rotatable bonds is 3. The Balaban J connectivity index is 2.38. The molecule has 0 spiro atoms. The van der Waals surface area contributed by atoms with Crippen molar-refractivity contribution in [1.82, 2.24) is 19.7 Å². The Hall–Kier alpha value is -2.21. The minimum absolute atomic E-state index is 0.132. The molecule has 6 nitrogen and oxygen atoms in total. The molecule has 18 heavy (non-hydrogen) atoms. The van der Waals surface area contributed by atoms with Gasteiger partial charge in [-0.05, 0) is 17.7 Å². The molecule has 0 aliphatic heterocycles. The molecular weight excluding hydrogens is 230 g/mol. The van der Waals surface area contributed by atoms with Crippen LogP contribution in [0.1, 0.15) is 16.1 Å². The summed E-state index contributed by atoms with van der Waals surface area (Å²) >= 11 is 0. The van der Waals surface area contributed by atoms with Crippen molar-refractivity contribution in [1.29, 1.82) is 0 Å². The maximum atomic E-state index is 11.8. The lowest BCUT2D eigenvalue weighted by Crippen LogP contribution is -2.22. The Kier molecular flexibility index (Phi) is 3.38. The summed E-state index contributed by atoms with van der Waals surface area (Å²) < 4.78 is 1.62. The van der Waals surface area contributed by atoms with Gasteiger partial charge >= 0.3 is 0 Å². The number of pyridine rings is 1. The number of carbonyl (C=O) groups is 1. The first-order valence-corrected chi connectivity index (χ1v) is 5.54. The van der Waals surface area contributed by atoms with Crippen LogP contribution in [0.25, 0.3) is 5.69 Å². The predicted molar refractivity (Wildman–Crippen MR) is 67.3 cm³/mol. The second-order valence-corrected chi connectivity index (χ2v) is 4.05. The summed E-state index contributed by atoms with van der Waals surface area (Å²) in [6.45, 7) is 0.397. The van der Waals surface area contributed by atoms with Gasteiger partial charge in [0, 0.05) is 33.0 Å². The van der Waals surface area contributed by atoms with Crippen molar-refractivity contribution in [2.75, 3.05) is 14.1 Å². The summed E-state index contributed by atoms with van der Waals surface area (Å²) in [5.74, 6) is -0.132. The lowest BCUT2D eigenvalue weighted by Gasteiger charge is -2.08. The monoisotopic (exact) mass is 245 g/mol. The van der Waals surface area contributed by atoms with Gasteiger partial charge in [0.15, 0.2) is 5.69 Å². The van der Waals surface area contributed by atoms with Gasteiger partial charge in [-0.25, -0.2) is 4.68 Å². The fraction of sp³-hybridized carbons (Fsp3) is 0.250. The van der Waals surface area contributed by atoms with Gasteiger partial charge in [0.1, 0.15) is 0 Å². The topological polar surface area (TPSA) is 77.0 Å². The van der Waals surface area contributed by atoms with Crippen molar-refractivity contribution < 1.29 is 4.79 Å². The largest absolute Gasteiger partial charge is 0.343 e. The molecule has 6 heteroatoms. The average Bonchev–Trinajstić information content (AvgIpc) is 2.87. The first-order chi connectivity index (χ1) is 8.63. The lowest BCUT2D eigenvalue weighted by molar-refractivity contribution is 0.0821. The minimum atomic E-state index is -0.132. The number of nitrogens with two attached hydrogens (primary N) is 1. The van der Waals surface area contributed by atoms with E-state index < -0.39 is 0 Å². The van der Waals surface area contributed by atoms with Crippen LogP contribution in [0, 0.1) is 0 Å². The third-order valence-corrected chi connectivity index (χ3v) is 2.57. The van der Waals surface area contributed by atoms with Gasteiger partial charge < -0.3 is 10.6 Å². The van der Waals surface area contributed by atoms with E-state index in [1.165, 1.54) is 4.90 Å². The smallest absolute Gasteiger partial charge is 0.273 e. The fourth-order valence-corrected chi connectivity index (χ4v) is 1.60. The van der Waals surface area contributed by atoms with Gasteiger partial charge in [-0.2, -0.15) is 5.10 Å². The van der Waals surface area contributed by atoms with Crippen molar-refractivity contribution in [3.63, 3.8) is 0 Å². The first kappa shape index (κ1) is 12.3. The molecule has 0 saturated heterocycles. The third-order valence-electron chi connectivity index (χ3n) is 2.57. The van der Waals surface area contributed by atoms with E-state index in [2.05, 4.69) is 10.1 Å². The molecule has 2 aromatic rings. The Bertz CT molecular complexity index is 561. The Morgan fingerprint density at radius 1 is 1.44 bits per heavy atom. The number of amides is 1. The number of nitrogens with zero attached hydrogens (tertiary/aromatic N) is 4. The molecule has 2 aromatic heterocycles. The zero-order valence-electron chi connectivity index (χ0n) is 10.4. The summed E-state index contributed by atoms with van der Waals surface area (Å²) in [6, 6.07) is 3.51. The van der Waals surface area contributed by atoms with Crippen molar-refractivity contribution in [3.05, 3.63) is 42.0 Å². The summed E-state index contributed by atoms with van der Waals surface area (Å²) in [4.78, 5) is 17.3. The first-order valence-electron chi connectivity index (χ1n) is 5.54. The van der Waals surface area contributed by atoms with Crippen LogP contribution in [-0.2, 0) is 6.54 Å². The van der Waals surface area contributed by atoms with Crippen LogP contribution in [0.4, 0.5) is 0 Å². The quantitative estimate of drug-likeness (QED) is 0.850. The van der Waals surface area contributed by atoms with E-state index in [-0.39, 0.29) is 5.91 Å². The predicted octanol–water partition coefficient (Wildman–Crippen LogP) is 0.428. The number of hydrogen-bond donors (Lipinski definition) is 1. The number of hydrogen-bond acceptors (Lipinski definition) is 4. The SMILES string of the molecule is CN(C)C(=O)c1ccn(-c2cnccc2CN)n1. The van der Waals surface area contributed by atoms with Gasteiger partial charge in [-0.3, -0.25) is 9.78 Å².